The van der Waals surface area contributed by atoms with Gasteiger partial charge in [-0.15, -0.1) is 0 Å². The molecule has 4 saturated carbocycles. The third kappa shape index (κ3) is 0.891. The number of hydrogen-bond donors (Lipinski definition) is 1. The van der Waals surface area contributed by atoms with Gasteiger partial charge in [-0.2, -0.15) is 0 Å². The molecule has 68 valence electrons. The summed E-state index contributed by atoms with van der Waals surface area (Å²) in [6, 6.07) is 0.887. The van der Waals surface area contributed by atoms with E-state index in [2.05, 4.69) is 12.4 Å². The summed E-state index contributed by atoms with van der Waals surface area (Å²) in [5.74, 6) is 4.34. The van der Waals surface area contributed by atoms with Crippen LogP contribution in [0.1, 0.15) is 32.1 Å². The zero-order valence-electron chi connectivity index (χ0n) is 7.92. The van der Waals surface area contributed by atoms with Crippen LogP contribution in [0.2, 0.25) is 0 Å². The lowest BCUT2D eigenvalue weighted by Gasteiger charge is -2.54. The second-order valence-corrected chi connectivity index (χ2v) is 5.25. The van der Waals surface area contributed by atoms with Crippen LogP contribution in [0, 0.1) is 23.7 Å². The Kier molecular flexibility index (Phi) is 1.52. The molecule has 0 radical (unpaired) electrons. The Morgan fingerprint density at radius 2 is 1.33 bits per heavy atom. The van der Waals surface area contributed by atoms with Gasteiger partial charge in [0.15, 0.2) is 0 Å². The van der Waals surface area contributed by atoms with E-state index in [1.165, 1.54) is 0 Å². The van der Waals surface area contributed by atoms with Gasteiger partial charge in [-0.05, 0) is 62.8 Å². The maximum Gasteiger partial charge on any atom is 0.0121 e. The highest BCUT2D eigenvalue weighted by Crippen LogP contribution is 2.53. The van der Waals surface area contributed by atoms with Crippen molar-refractivity contribution in [2.45, 2.75) is 38.1 Å². The van der Waals surface area contributed by atoms with Crippen LogP contribution in [0.5, 0.6) is 0 Å². The first-order valence-electron chi connectivity index (χ1n) is 5.54. The van der Waals surface area contributed by atoms with Gasteiger partial charge < -0.3 is 5.32 Å². The molecule has 0 aromatic heterocycles. The van der Waals surface area contributed by atoms with Crippen molar-refractivity contribution in [3.05, 3.63) is 0 Å². The van der Waals surface area contributed by atoms with Crippen LogP contribution in [0.4, 0.5) is 0 Å². The zero-order chi connectivity index (χ0) is 8.13. The summed E-state index contributed by atoms with van der Waals surface area (Å²) in [6.07, 6.45) is 7.73. The van der Waals surface area contributed by atoms with Crippen molar-refractivity contribution < 1.29 is 0 Å². The summed E-state index contributed by atoms with van der Waals surface area (Å²) >= 11 is 0. The summed E-state index contributed by atoms with van der Waals surface area (Å²) in [5.41, 5.74) is 0. The van der Waals surface area contributed by atoms with E-state index < -0.39 is 0 Å². The van der Waals surface area contributed by atoms with Crippen molar-refractivity contribution in [2.24, 2.45) is 23.7 Å². The highest BCUT2D eigenvalue weighted by Gasteiger charge is 2.47. The van der Waals surface area contributed by atoms with Gasteiger partial charge in [-0.1, -0.05) is 0 Å². The molecule has 0 heterocycles. The molecule has 0 unspecified atom stereocenters. The van der Waals surface area contributed by atoms with Crippen LogP contribution in [0.15, 0.2) is 0 Å². The van der Waals surface area contributed by atoms with E-state index in [1.807, 2.05) is 0 Å². The van der Waals surface area contributed by atoms with Gasteiger partial charge in [-0.3, -0.25) is 0 Å². The maximum atomic E-state index is 3.55. The van der Waals surface area contributed by atoms with Gasteiger partial charge in [0.25, 0.3) is 0 Å². The van der Waals surface area contributed by atoms with Crippen LogP contribution in [0.25, 0.3) is 0 Å². The maximum absolute atomic E-state index is 3.55. The summed E-state index contributed by atoms with van der Waals surface area (Å²) in [4.78, 5) is 0. The minimum atomic E-state index is 0.887. The Hall–Kier alpha value is -0.0400. The Balaban J connectivity index is 1.86. The Labute approximate surface area is 74.9 Å². The normalized spacial score (nSPS) is 56.2. The molecule has 1 nitrogen and oxygen atoms in total. The van der Waals surface area contributed by atoms with Crippen molar-refractivity contribution in [2.75, 3.05) is 7.05 Å². The average molecular weight is 165 g/mol. The SMILES string of the molecule is CNC1[C@H]2C[C@@H]3C[C@@H](C[C@H]1C3)C2. The van der Waals surface area contributed by atoms with E-state index in [4.69, 9.17) is 0 Å². The number of nitrogens with one attached hydrogen (secondary N) is 1. The van der Waals surface area contributed by atoms with Crippen molar-refractivity contribution in [1.29, 1.82) is 0 Å². The monoisotopic (exact) mass is 165 g/mol. The first-order valence-corrected chi connectivity index (χ1v) is 5.54. The lowest BCUT2D eigenvalue weighted by Crippen LogP contribution is -2.53. The van der Waals surface area contributed by atoms with E-state index >= 15 is 0 Å². The molecule has 0 aromatic rings. The average Bonchev–Trinajstić information content (AvgIpc) is 2.02. The molecule has 0 aromatic carbocycles. The fraction of sp³-hybridized carbons (Fsp3) is 1.00. The molecule has 1 heteroatoms. The molecular formula is C11H19N. The van der Waals surface area contributed by atoms with Gasteiger partial charge in [0.05, 0.1) is 0 Å². The molecule has 4 bridgehead atoms. The molecule has 0 spiro atoms. The van der Waals surface area contributed by atoms with Gasteiger partial charge in [0, 0.05) is 6.04 Å². The molecule has 0 saturated heterocycles. The predicted molar refractivity (Wildman–Crippen MR) is 49.9 cm³/mol. The van der Waals surface area contributed by atoms with Crippen molar-refractivity contribution >= 4 is 0 Å². The summed E-state index contributed by atoms with van der Waals surface area (Å²) in [6.45, 7) is 0. The highest BCUT2D eigenvalue weighted by molar-refractivity contribution is 5.00. The van der Waals surface area contributed by atoms with Gasteiger partial charge >= 0.3 is 0 Å². The minimum Gasteiger partial charge on any atom is -0.316 e. The highest BCUT2D eigenvalue weighted by atomic mass is 14.9. The van der Waals surface area contributed by atoms with Gasteiger partial charge in [0.1, 0.15) is 0 Å². The van der Waals surface area contributed by atoms with Crippen molar-refractivity contribution in [3.63, 3.8) is 0 Å². The molecule has 4 aliphatic rings. The molecule has 4 fully saturated rings. The molecule has 4 rings (SSSR count). The molecule has 1 N–H and O–H groups in total. The minimum absolute atomic E-state index is 0.887. The third-order valence-corrected chi connectivity index (χ3v) is 4.56. The van der Waals surface area contributed by atoms with Crippen LogP contribution in [-0.2, 0) is 0 Å². The van der Waals surface area contributed by atoms with Crippen LogP contribution in [0.3, 0.4) is 0 Å². The quantitative estimate of drug-likeness (QED) is 0.627. The largest absolute Gasteiger partial charge is 0.316 e. The number of hydrogen-bond acceptors (Lipinski definition) is 1. The third-order valence-electron chi connectivity index (χ3n) is 4.56. The fourth-order valence-electron chi connectivity index (χ4n) is 4.40. The molecule has 4 aliphatic carbocycles. The van der Waals surface area contributed by atoms with E-state index in [0.29, 0.717) is 0 Å². The lowest BCUT2D eigenvalue weighted by molar-refractivity contribution is -0.0109. The second kappa shape index (κ2) is 2.47. The summed E-state index contributed by atoms with van der Waals surface area (Å²) in [7, 11) is 2.16. The Bertz CT molecular complexity index is 159. The van der Waals surface area contributed by atoms with Crippen LogP contribution >= 0.6 is 0 Å². The molecule has 0 amide bonds. The zero-order valence-corrected chi connectivity index (χ0v) is 7.92. The predicted octanol–water partition coefficient (Wildman–Crippen LogP) is 2.03. The van der Waals surface area contributed by atoms with Crippen molar-refractivity contribution in [3.8, 4) is 0 Å². The number of rotatable bonds is 1. The smallest absolute Gasteiger partial charge is 0.0121 e. The fourth-order valence-corrected chi connectivity index (χ4v) is 4.40. The Morgan fingerprint density at radius 3 is 1.75 bits per heavy atom. The van der Waals surface area contributed by atoms with Crippen LogP contribution < -0.4 is 5.32 Å². The van der Waals surface area contributed by atoms with Crippen molar-refractivity contribution in [1.82, 2.24) is 5.32 Å². The van der Waals surface area contributed by atoms with E-state index in [0.717, 1.165) is 29.7 Å². The van der Waals surface area contributed by atoms with Crippen LogP contribution in [-0.4, -0.2) is 13.1 Å². The Morgan fingerprint density at radius 1 is 0.833 bits per heavy atom. The van der Waals surface area contributed by atoms with E-state index in [1.54, 1.807) is 32.1 Å². The molecule has 0 atom stereocenters. The lowest BCUT2D eigenvalue weighted by atomic mass is 9.54. The standard InChI is InChI=1S/C11H19N/c1-12-11-9-3-7-2-8(5-9)6-10(11)4-7/h7-12H,2-6H2,1H3/t7-,8+,9-,10+,11?. The molecule has 12 heavy (non-hydrogen) atoms. The second-order valence-electron chi connectivity index (χ2n) is 5.25. The summed E-state index contributed by atoms with van der Waals surface area (Å²) in [5, 5.41) is 3.55. The van der Waals surface area contributed by atoms with E-state index in [-0.39, 0.29) is 0 Å². The first kappa shape index (κ1) is 7.37. The van der Waals surface area contributed by atoms with Gasteiger partial charge in [-0.25, -0.2) is 0 Å². The topological polar surface area (TPSA) is 12.0 Å². The van der Waals surface area contributed by atoms with E-state index in [9.17, 15) is 0 Å². The first-order chi connectivity index (χ1) is 5.86. The van der Waals surface area contributed by atoms with Gasteiger partial charge in [0.2, 0.25) is 0 Å². The molecule has 0 aliphatic heterocycles. The summed E-state index contributed by atoms with van der Waals surface area (Å²) < 4.78 is 0. The molecular weight excluding hydrogens is 146 g/mol.